The molecule has 21 heavy (non-hydrogen) atoms. The van der Waals surface area contributed by atoms with Gasteiger partial charge < -0.3 is 14.8 Å². The standard InChI is InChI=1S/C15H14BrF2NO2/c1-20-13-6-7-14(16)10(8-13)9-19-11-2-4-12(5-3-11)21-15(17)18/h2-8,15,19H,9H2,1H3. The molecule has 0 atom stereocenters. The van der Waals surface area contributed by atoms with Gasteiger partial charge in [-0.2, -0.15) is 8.78 Å². The number of rotatable bonds is 6. The van der Waals surface area contributed by atoms with Gasteiger partial charge >= 0.3 is 6.61 Å². The summed E-state index contributed by atoms with van der Waals surface area (Å²) in [6, 6.07) is 12.1. The molecular formula is C15H14BrF2NO2. The lowest BCUT2D eigenvalue weighted by Crippen LogP contribution is -2.03. The number of hydrogen-bond acceptors (Lipinski definition) is 3. The molecule has 0 saturated carbocycles. The van der Waals surface area contributed by atoms with Gasteiger partial charge in [0, 0.05) is 16.7 Å². The Morgan fingerprint density at radius 1 is 1.10 bits per heavy atom. The van der Waals surface area contributed by atoms with Crippen LogP contribution in [0.2, 0.25) is 0 Å². The molecule has 3 nitrogen and oxygen atoms in total. The van der Waals surface area contributed by atoms with Crippen molar-refractivity contribution in [3.05, 3.63) is 52.5 Å². The lowest BCUT2D eigenvalue weighted by molar-refractivity contribution is -0.0498. The highest BCUT2D eigenvalue weighted by atomic mass is 79.9. The molecule has 2 aromatic carbocycles. The van der Waals surface area contributed by atoms with Crippen LogP contribution in [0.5, 0.6) is 11.5 Å². The molecule has 6 heteroatoms. The average molecular weight is 358 g/mol. The molecular weight excluding hydrogens is 344 g/mol. The van der Waals surface area contributed by atoms with Crippen molar-refractivity contribution in [3.8, 4) is 11.5 Å². The van der Waals surface area contributed by atoms with Crippen molar-refractivity contribution in [1.82, 2.24) is 0 Å². The lowest BCUT2D eigenvalue weighted by Gasteiger charge is -2.11. The lowest BCUT2D eigenvalue weighted by atomic mass is 10.2. The Bertz CT molecular complexity index is 591. The Labute approximate surface area is 130 Å². The summed E-state index contributed by atoms with van der Waals surface area (Å²) in [4.78, 5) is 0. The minimum absolute atomic E-state index is 0.137. The van der Waals surface area contributed by atoms with Gasteiger partial charge in [0.2, 0.25) is 0 Å². The summed E-state index contributed by atoms with van der Waals surface area (Å²) in [6.45, 7) is -2.23. The maximum Gasteiger partial charge on any atom is 0.387 e. The molecule has 0 radical (unpaired) electrons. The molecule has 0 aromatic heterocycles. The van der Waals surface area contributed by atoms with E-state index < -0.39 is 6.61 Å². The van der Waals surface area contributed by atoms with E-state index in [2.05, 4.69) is 26.0 Å². The summed E-state index contributed by atoms with van der Waals surface area (Å²) in [5.74, 6) is 0.911. The molecule has 0 unspecified atom stereocenters. The molecule has 0 aliphatic rings. The second-order valence-corrected chi connectivity index (χ2v) is 5.07. The predicted molar refractivity (Wildman–Crippen MR) is 81.1 cm³/mol. The SMILES string of the molecule is COc1ccc(Br)c(CNc2ccc(OC(F)F)cc2)c1. The van der Waals surface area contributed by atoms with Crippen LogP contribution in [0.3, 0.4) is 0 Å². The molecule has 0 saturated heterocycles. The van der Waals surface area contributed by atoms with E-state index in [1.807, 2.05) is 18.2 Å². The van der Waals surface area contributed by atoms with Crippen LogP contribution >= 0.6 is 15.9 Å². The number of hydrogen-bond donors (Lipinski definition) is 1. The Balaban J connectivity index is 1.99. The number of halogens is 3. The number of methoxy groups -OCH3 is 1. The number of alkyl halides is 2. The summed E-state index contributed by atoms with van der Waals surface area (Å²) in [5.41, 5.74) is 1.84. The summed E-state index contributed by atoms with van der Waals surface area (Å²) in [7, 11) is 1.61. The first-order valence-corrected chi connectivity index (χ1v) is 6.99. The predicted octanol–water partition coefficient (Wildman–Crippen LogP) is 4.67. The monoisotopic (exact) mass is 357 g/mol. The van der Waals surface area contributed by atoms with E-state index in [0.29, 0.717) is 6.54 Å². The van der Waals surface area contributed by atoms with E-state index in [1.165, 1.54) is 12.1 Å². The normalized spacial score (nSPS) is 10.5. The fourth-order valence-electron chi connectivity index (χ4n) is 1.77. The zero-order valence-electron chi connectivity index (χ0n) is 11.3. The minimum Gasteiger partial charge on any atom is -0.497 e. The number of nitrogens with one attached hydrogen (secondary N) is 1. The molecule has 2 rings (SSSR count). The third kappa shape index (κ3) is 4.60. The first kappa shape index (κ1) is 15.6. The second kappa shape index (κ2) is 7.26. The number of benzene rings is 2. The van der Waals surface area contributed by atoms with Gasteiger partial charge in [0.05, 0.1) is 7.11 Å². The van der Waals surface area contributed by atoms with Gasteiger partial charge in [-0.1, -0.05) is 15.9 Å². The van der Waals surface area contributed by atoms with Crippen LogP contribution in [0.4, 0.5) is 14.5 Å². The highest BCUT2D eigenvalue weighted by Crippen LogP contribution is 2.24. The topological polar surface area (TPSA) is 30.5 Å². The van der Waals surface area contributed by atoms with Crippen molar-refractivity contribution >= 4 is 21.6 Å². The summed E-state index contributed by atoms with van der Waals surface area (Å²) >= 11 is 3.47. The Morgan fingerprint density at radius 2 is 1.76 bits per heavy atom. The van der Waals surface area contributed by atoms with Gasteiger partial charge in [0.15, 0.2) is 0 Å². The highest BCUT2D eigenvalue weighted by Gasteiger charge is 2.05. The van der Waals surface area contributed by atoms with Crippen LogP contribution in [-0.2, 0) is 6.54 Å². The fraction of sp³-hybridized carbons (Fsp3) is 0.200. The van der Waals surface area contributed by atoms with Crippen LogP contribution in [0.15, 0.2) is 46.9 Å². The first-order chi connectivity index (χ1) is 10.1. The Morgan fingerprint density at radius 3 is 2.38 bits per heavy atom. The Kier molecular flexibility index (Phi) is 5.38. The smallest absolute Gasteiger partial charge is 0.387 e. The first-order valence-electron chi connectivity index (χ1n) is 6.19. The van der Waals surface area contributed by atoms with Crippen molar-refractivity contribution in [2.24, 2.45) is 0 Å². The third-order valence-corrected chi connectivity index (χ3v) is 3.59. The summed E-state index contributed by atoms with van der Waals surface area (Å²) in [6.07, 6.45) is 0. The highest BCUT2D eigenvalue weighted by molar-refractivity contribution is 9.10. The van der Waals surface area contributed by atoms with Crippen LogP contribution < -0.4 is 14.8 Å². The Hall–Kier alpha value is -1.82. The van der Waals surface area contributed by atoms with E-state index in [-0.39, 0.29) is 5.75 Å². The van der Waals surface area contributed by atoms with Gasteiger partial charge in [-0.3, -0.25) is 0 Å². The van der Waals surface area contributed by atoms with Crippen molar-refractivity contribution < 1.29 is 18.3 Å². The van der Waals surface area contributed by atoms with E-state index in [4.69, 9.17) is 4.74 Å². The van der Waals surface area contributed by atoms with E-state index in [1.54, 1.807) is 19.2 Å². The van der Waals surface area contributed by atoms with E-state index in [0.717, 1.165) is 21.5 Å². The van der Waals surface area contributed by atoms with Crippen LogP contribution in [0, 0.1) is 0 Å². The maximum absolute atomic E-state index is 12.1. The van der Waals surface area contributed by atoms with Crippen LogP contribution in [0.25, 0.3) is 0 Å². The van der Waals surface area contributed by atoms with E-state index >= 15 is 0 Å². The van der Waals surface area contributed by atoms with Gasteiger partial charge in [-0.15, -0.1) is 0 Å². The second-order valence-electron chi connectivity index (χ2n) is 4.21. The quantitative estimate of drug-likeness (QED) is 0.814. The van der Waals surface area contributed by atoms with Crippen LogP contribution in [0.1, 0.15) is 5.56 Å². The molecule has 0 aliphatic heterocycles. The summed E-state index contributed by atoms with van der Waals surface area (Å²) in [5, 5.41) is 3.21. The fourth-order valence-corrected chi connectivity index (χ4v) is 2.15. The van der Waals surface area contributed by atoms with Gasteiger partial charge in [0.25, 0.3) is 0 Å². The summed E-state index contributed by atoms with van der Waals surface area (Å²) < 4.78 is 34.5. The molecule has 0 spiro atoms. The maximum atomic E-state index is 12.1. The van der Waals surface area contributed by atoms with Crippen molar-refractivity contribution in [1.29, 1.82) is 0 Å². The van der Waals surface area contributed by atoms with Crippen LogP contribution in [-0.4, -0.2) is 13.7 Å². The average Bonchev–Trinajstić information content (AvgIpc) is 2.47. The molecule has 0 aliphatic carbocycles. The zero-order chi connectivity index (χ0) is 15.2. The number of anilines is 1. The van der Waals surface area contributed by atoms with Gasteiger partial charge in [-0.25, -0.2) is 0 Å². The van der Waals surface area contributed by atoms with Gasteiger partial charge in [0.1, 0.15) is 11.5 Å². The third-order valence-electron chi connectivity index (χ3n) is 2.82. The molecule has 0 amide bonds. The molecule has 0 bridgehead atoms. The van der Waals surface area contributed by atoms with E-state index in [9.17, 15) is 8.78 Å². The molecule has 1 N–H and O–H groups in total. The van der Waals surface area contributed by atoms with Crippen molar-refractivity contribution in [2.75, 3.05) is 12.4 Å². The molecule has 112 valence electrons. The molecule has 0 fully saturated rings. The number of ether oxygens (including phenoxy) is 2. The molecule has 0 heterocycles. The van der Waals surface area contributed by atoms with Crippen molar-refractivity contribution in [2.45, 2.75) is 13.2 Å². The van der Waals surface area contributed by atoms with Gasteiger partial charge in [-0.05, 0) is 48.0 Å². The minimum atomic E-state index is -2.81. The van der Waals surface area contributed by atoms with Crippen molar-refractivity contribution in [3.63, 3.8) is 0 Å². The largest absolute Gasteiger partial charge is 0.497 e. The molecule has 2 aromatic rings. The zero-order valence-corrected chi connectivity index (χ0v) is 12.9.